The minimum absolute atomic E-state index is 0. The standard InChI is InChI=1S/C19H30N2O.ClH/c1-19(2,3)16-10-7-14(8-11-16)9-12-18(22)21-17-6-4-5-15(17)13-20;/h7-8,10-11,15,17H,4-6,9,12-13,20H2,1-3H3,(H,21,22);1H. The molecule has 0 bridgehead atoms. The molecule has 2 unspecified atom stereocenters. The third-order valence-corrected chi connectivity index (χ3v) is 4.77. The fraction of sp³-hybridized carbons (Fsp3) is 0.632. The van der Waals surface area contributed by atoms with Crippen LogP contribution >= 0.6 is 12.4 Å². The van der Waals surface area contributed by atoms with Crippen molar-refractivity contribution in [2.24, 2.45) is 11.7 Å². The molecular weight excluding hydrogens is 308 g/mol. The summed E-state index contributed by atoms with van der Waals surface area (Å²) in [4.78, 5) is 12.1. The van der Waals surface area contributed by atoms with E-state index in [9.17, 15) is 4.79 Å². The molecule has 3 nitrogen and oxygen atoms in total. The summed E-state index contributed by atoms with van der Waals surface area (Å²) in [7, 11) is 0. The molecule has 2 atom stereocenters. The monoisotopic (exact) mass is 338 g/mol. The second-order valence-corrected chi connectivity index (χ2v) is 7.55. The number of carbonyl (C=O) groups excluding carboxylic acids is 1. The van der Waals surface area contributed by atoms with Crippen LogP contribution in [0, 0.1) is 5.92 Å². The quantitative estimate of drug-likeness (QED) is 0.862. The Balaban J connectivity index is 0.00000264. The molecule has 23 heavy (non-hydrogen) atoms. The van der Waals surface area contributed by atoms with Crippen molar-refractivity contribution in [3.8, 4) is 0 Å². The third-order valence-electron chi connectivity index (χ3n) is 4.77. The van der Waals surface area contributed by atoms with E-state index in [0.29, 0.717) is 24.9 Å². The number of nitrogens with two attached hydrogens (primary N) is 1. The molecule has 1 aliphatic rings. The number of benzene rings is 1. The van der Waals surface area contributed by atoms with E-state index >= 15 is 0 Å². The van der Waals surface area contributed by atoms with Gasteiger partial charge in [0.05, 0.1) is 0 Å². The summed E-state index contributed by atoms with van der Waals surface area (Å²) in [6, 6.07) is 8.93. The van der Waals surface area contributed by atoms with Crippen LogP contribution in [-0.4, -0.2) is 18.5 Å². The van der Waals surface area contributed by atoms with E-state index in [1.165, 1.54) is 17.5 Å². The van der Waals surface area contributed by atoms with Gasteiger partial charge < -0.3 is 11.1 Å². The van der Waals surface area contributed by atoms with Crippen molar-refractivity contribution in [1.29, 1.82) is 0 Å². The van der Waals surface area contributed by atoms with Crippen molar-refractivity contribution in [2.45, 2.75) is 64.3 Å². The number of carbonyl (C=O) groups is 1. The van der Waals surface area contributed by atoms with Gasteiger partial charge in [-0.25, -0.2) is 0 Å². The number of rotatable bonds is 5. The van der Waals surface area contributed by atoms with Crippen LogP contribution in [0.5, 0.6) is 0 Å². The van der Waals surface area contributed by atoms with Gasteiger partial charge in [0, 0.05) is 12.5 Å². The number of nitrogens with one attached hydrogen (secondary N) is 1. The lowest BCUT2D eigenvalue weighted by atomic mass is 9.86. The van der Waals surface area contributed by atoms with Gasteiger partial charge in [0.15, 0.2) is 0 Å². The topological polar surface area (TPSA) is 55.1 Å². The Morgan fingerprint density at radius 2 is 1.87 bits per heavy atom. The molecule has 1 saturated carbocycles. The Hall–Kier alpha value is -1.06. The molecule has 1 aromatic carbocycles. The molecule has 0 aromatic heterocycles. The van der Waals surface area contributed by atoms with E-state index < -0.39 is 0 Å². The average molecular weight is 339 g/mol. The van der Waals surface area contributed by atoms with Crippen LogP contribution in [0.1, 0.15) is 57.6 Å². The van der Waals surface area contributed by atoms with E-state index in [1.807, 2.05) is 0 Å². The molecule has 1 amide bonds. The van der Waals surface area contributed by atoms with Gasteiger partial charge in [0.25, 0.3) is 0 Å². The lowest BCUT2D eigenvalue weighted by Crippen LogP contribution is -2.39. The summed E-state index contributed by atoms with van der Waals surface area (Å²) in [6.45, 7) is 7.32. The Morgan fingerprint density at radius 1 is 1.22 bits per heavy atom. The third kappa shape index (κ3) is 5.82. The summed E-state index contributed by atoms with van der Waals surface area (Å²) >= 11 is 0. The van der Waals surface area contributed by atoms with Gasteiger partial charge in [-0.2, -0.15) is 0 Å². The molecule has 3 N–H and O–H groups in total. The number of halogens is 1. The van der Waals surface area contributed by atoms with Crippen LogP contribution < -0.4 is 11.1 Å². The van der Waals surface area contributed by atoms with E-state index in [4.69, 9.17) is 5.73 Å². The Bertz CT molecular complexity index is 493. The van der Waals surface area contributed by atoms with Crippen molar-refractivity contribution < 1.29 is 4.79 Å². The smallest absolute Gasteiger partial charge is 0.220 e. The second-order valence-electron chi connectivity index (χ2n) is 7.55. The van der Waals surface area contributed by atoms with Crippen LogP contribution in [0.3, 0.4) is 0 Å². The van der Waals surface area contributed by atoms with Gasteiger partial charge in [-0.1, -0.05) is 51.5 Å². The molecule has 0 aliphatic heterocycles. The second kappa shape index (κ2) is 8.70. The number of hydrogen-bond donors (Lipinski definition) is 2. The van der Waals surface area contributed by atoms with E-state index in [1.54, 1.807) is 0 Å². The highest BCUT2D eigenvalue weighted by Crippen LogP contribution is 2.25. The van der Waals surface area contributed by atoms with Gasteiger partial charge in [0.1, 0.15) is 0 Å². The van der Waals surface area contributed by atoms with Crippen LogP contribution in [-0.2, 0) is 16.6 Å². The minimum Gasteiger partial charge on any atom is -0.353 e. The average Bonchev–Trinajstić information content (AvgIpc) is 2.92. The predicted molar refractivity (Wildman–Crippen MR) is 99.0 cm³/mol. The van der Waals surface area contributed by atoms with Crippen LogP contribution in [0.15, 0.2) is 24.3 Å². The molecule has 4 heteroatoms. The first-order valence-electron chi connectivity index (χ1n) is 8.49. The van der Waals surface area contributed by atoms with Gasteiger partial charge in [0.2, 0.25) is 5.91 Å². The van der Waals surface area contributed by atoms with E-state index in [-0.39, 0.29) is 23.7 Å². The molecule has 0 radical (unpaired) electrons. The van der Waals surface area contributed by atoms with Gasteiger partial charge in [-0.15, -0.1) is 12.4 Å². The highest BCUT2D eigenvalue weighted by atomic mass is 35.5. The molecular formula is C19H31ClN2O. The zero-order chi connectivity index (χ0) is 16.2. The summed E-state index contributed by atoms with van der Waals surface area (Å²) in [5, 5.41) is 3.17. The largest absolute Gasteiger partial charge is 0.353 e. The van der Waals surface area contributed by atoms with Crippen molar-refractivity contribution in [3.05, 3.63) is 35.4 Å². The predicted octanol–water partition coefficient (Wildman–Crippen LogP) is 3.58. The maximum absolute atomic E-state index is 12.1. The normalized spacial score (nSPS) is 20.9. The van der Waals surface area contributed by atoms with Gasteiger partial charge in [-0.3, -0.25) is 4.79 Å². The van der Waals surface area contributed by atoms with E-state index in [2.05, 4.69) is 50.4 Å². The molecule has 2 rings (SSSR count). The minimum atomic E-state index is 0. The fourth-order valence-corrected chi connectivity index (χ4v) is 3.22. The lowest BCUT2D eigenvalue weighted by molar-refractivity contribution is -0.122. The van der Waals surface area contributed by atoms with Crippen molar-refractivity contribution in [3.63, 3.8) is 0 Å². The number of hydrogen-bond acceptors (Lipinski definition) is 2. The molecule has 0 spiro atoms. The zero-order valence-corrected chi connectivity index (χ0v) is 15.4. The van der Waals surface area contributed by atoms with Gasteiger partial charge in [-0.05, 0) is 48.3 Å². The Morgan fingerprint density at radius 3 is 2.43 bits per heavy atom. The Labute approximate surface area is 146 Å². The molecule has 130 valence electrons. The van der Waals surface area contributed by atoms with Crippen LogP contribution in [0.4, 0.5) is 0 Å². The van der Waals surface area contributed by atoms with Gasteiger partial charge >= 0.3 is 0 Å². The maximum Gasteiger partial charge on any atom is 0.220 e. The van der Waals surface area contributed by atoms with E-state index in [0.717, 1.165) is 19.3 Å². The number of aryl methyl sites for hydroxylation is 1. The Kier molecular flexibility index (Phi) is 7.56. The van der Waals surface area contributed by atoms with Crippen molar-refractivity contribution in [1.82, 2.24) is 5.32 Å². The first-order chi connectivity index (χ1) is 10.4. The van der Waals surface area contributed by atoms with Crippen molar-refractivity contribution >= 4 is 18.3 Å². The van der Waals surface area contributed by atoms with Crippen LogP contribution in [0.2, 0.25) is 0 Å². The molecule has 1 aromatic rings. The highest BCUT2D eigenvalue weighted by Gasteiger charge is 2.27. The molecule has 0 heterocycles. The lowest BCUT2D eigenvalue weighted by Gasteiger charge is -2.20. The first kappa shape index (κ1) is 20.0. The summed E-state index contributed by atoms with van der Waals surface area (Å²) < 4.78 is 0. The SMILES string of the molecule is CC(C)(C)c1ccc(CCC(=O)NC2CCCC2CN)cc1.Cl. The fourth-order valence-electron chi connectivity index (χ4n) is 3.22. The van der Waals surface area contributed by atoms with Crippen molar-refractivity contribution in [2.75, 3.05) is 6.54 Å². The summed E-state index contributed by atoms with van der Waals surface area (Å²) in [5.41, 5.74) is 8.50. The molecule has 1 aliphatic carbocycles. The van der Waals surface area contributed by atoms with Crippen LogP contribution in [0.25, 0.3) is 0 Å². The molecule has 1 fully saturated rings. The summed E-state index contributed by atoms with van der Waals surface area (Å²) in [5.74, 6) is 0.625. The highest BCUT2D eigenvalue weighted by molar-refractivity contribution is 5.85. The molecule has 0 saturated heterocycles. The summed E-state index contributed by atoms with van der Waals surface area (Å²) in [6.07, 6.45) is 4.77. The zero-order valence-electron chi connectivity index (χ0n) is 14.6. The number of amides is 1. The first-order valence-corrected chi connectivity index (χ1v) is 8.49. The maximum atomic E-state index is 12.1.